The molecule has 1 aliphatic heterocycles. The Kier molecular flexibility index (Phi) is 10.1. The molecule has 1 heterocycles. The van der Waals surface area contributed by atoms with Gasteiger partial charge >= 0.3 is 12.1 Å². The van der Waals surface area contributed by atoms with E-state index in [1.54, 1.807) is 4.90 Å². The average Bonchev–Trinajstić information content (AvgIpc) is 3.24. The van der Waals surface area contributed by atoms with Crippen LogP contribution in [0.15, 0.2) is 42.5 Å². The van der Waals surface area contributed by atoms with E-state index in [2.05, 4.69) is 19.2 Å². The largest absolute Gasteiger partial charge is 0.467 e. The van der Waals surface area contributed by atoms with Crippen LogP contribution >= 0.6 is 0 Å². The van der Waals surface area contributed by atoms with Gasteiger partial charge in [0.25, 0.3) is 0 Å². The lowest BCUT2D eigenvalue weighted by molar-refractivity contribution is -0.151. The summed E-state index contributed by atoms with van der Waals surface area (Å²) in [5.41, 5.74) is 0.431. The summed E-state index contributed by atoms with van der Waals surface area (Å²) in [5, 5.41) is 2.92. The van der Waals surface area contributed by atoms with Gasteiger partial charge in [0.15, 0.2) is 0 Å². The lowest BCUT2D eigenvalue weighted by Crippen LogP contribution is -2.44. The minimum Gasteiger partial charge on any atom is -0.467 e. The summed E-state index contributed by atoms with van der Waals surface area (Å²) in [6, 6.07) is 8.97. The first-order chi connectivity index (χ1) is 16.0. The van der Waals surface area contributed by atoms with Gasteiger partial charge in [0, 0.05) is 6.54 Å². The molecule has 0 bridgehead atoms. The number of nitrogens with zero attached hydrogens (tertiary/aromatic N) is 1. The zero-order chi connectivity index (χ0) is 25.3. The first-order valence-corrected chi connectivity index (χ1v) is 12.1. The number of methoxy groups -OCH3 is 1. The average molecular weight is 473 g/mol. The third-order valence-corrected chi connectivity index (χ3v) is 5.63. The molecule has 0 radical (unpaired) electrons. The van der Waals surface area contributed by atoms with Crippen molar-refractivity contribution >= 4 is 18.0 Å². The molecule has 0 aromatic heterocycles. The van der Waals surface area contributed by atoms with Crippen molar-refractivity contribution in [2.24, 2.45) is 11.8 Å². The van der Waals surface area contributed by atoms with Crippen molar-refractivity contribution in [1.82, 2.24) is 10.2 Å². The molecule has 0 spiro atoms. The van der Waals surface area contributed by atoms with Gasteiger partial charge < -0.3 is 19.7 Å². The van der Waals surface area contributed by atoms with Crippen LogP contribution in [0.1, 0.15) is 59.4 Å². The third-order valence-electron chi connectivity index (χ3n) is 5.63. The number of likely N-dealkylation sites (tertiary alicyclic amines) is 1. The fraction of sp³-hybridized carbons (Fsp3) is 0.593. The van der Waals surface area contributed by atoms with Crippen LogP contribution in [0.4, 0.5) is 4.79 Å². The molecule has 1 aromatic rings. The number of esters is 1. The zero-order valence-corrected chi connectivity index (χ0v) is 21.4. The van der Waals surface area contributed by atoms with Crippen molar-refractivity contribution in [2.45, 2.75) is 78.0 Å². The SMILES string of the molecule is COC(=O)C1CCCN1C(=O)[C@H](/C=C/[C@H](CC(C)C)NC(=O)OC(C)(C)C)Cc1ccccc1. The van der Waals surface area contributed by atoms with E-state index in [-0.39, 0.29) is 17.9 Å². The van der Waals surface area contributed by atoms with Crippen LogP contribution in [0.2, 0.25) is 0 Å². The summed E-state index contributed by atoms with van der Waals surface area (Å²) >= 11 is 0. The predicted molar refractivity (Wildman–Crippen MR) is 132 cm³/mol. The summed E-state index contributed by atoms with van der Waals surface area (Å²) in [6.45, 7) is 10.2. The quantitative estimate of drug-likeness (QED) is 0.422. The Bertz CT molecular complexity index is 844. The van der Waals surface area contributed by atoms with Gasteiger partial charge in [-0.1, -0.05) is 56.3 Å². The minimum atomic E-state index is -0.597. The van der Waals surface area contributed by atoms with Crippen molar-refractivity contribution in [1.29, 1.82) is 0 Å². The highest BCUT2D eigenvalue weighted by atomic mass is 16.6. The van der Waals surface area contributed by atoms with Gasteiger partial charge in [-0.05, 0) is 57.9 Å². The summed E-state index contributed by atoms with van der Waals surface area (Å²) < 4.78 is 10.3. The Morgan fingerprint density at radius 2 is 1.82 bits per heavy atom. The molecule has 7 nitrogen and oxygen atoms in total. The van der Waals surface area contributed by atoms with Crippen LogP contribution in [0, 0.1) is 11.8 Å². The summed E-state index contributed by atoms with van der Waals surface area (Å²) in [7, 11) is 1.35. The standard InChI is InChI=1S/C27H40N2O5/c1-19(2)17-22(28-26(32)34-27(3,4)5)15-14-21(18-20-11-8-7-9-12-20)24(30)29-16-10-13-23(29)25(31)33-6/h7-9,11-12,14-15,19,21-23H,10,13,16-18H2,1-6H3,(H,28,32)/b15-14+/t21-,22-,23?/m1/s1. The van der Waals surface area contributed by atoms with Gasteiger partial charge in [0.05, 0.1) is 19.1 Å². The number of alkyl carbamates (subject to hydrolysis) is 1. The molecule has 3 atom stereocenters. The number of amides is 2. The normalized spacial score (nSPS) is 18.1. The topological polar surface area (TPSA) is 84.9 Å². The van der Waals surface area contributed by atoms with Crippen molar-refractivity contribution in [3.05, 3.63) is 48.0 Å². The second-order valence-electron chi connectivity index (χ2n) is 10.3. The molecule has 1 N–H and O–H groups in total. The van der Waals surface area contributed by atoms with E-state index in [1.165, 1.54) is 7.11 Å². The highest BCUT2D eigenvalue weighted by Gasteiger charge is 2.37. The number of carbonyl (C=O) groups is 3. The molecule has 0 aliphatic carbocycles. The number of carbonyl (C=O) groups excluding carboxylic acids is 3. The molecule has 2 amide bonds. The van der Waals surface area contributed by atoms with Gasteiger partial charge in [-0.15, -0.1) is 0 Å². The Balaban J connectivity index is 2.26. The van der Waals surface area contributed by atoms with E-state index in [4.69, 9.17) is 9.47 Å². The molecular weight excluding hydrogens is 432 g/mol. The molecule has 7 heteroatoms. The highest BCUT2D eigenvalue weighted by molar-refractivity contribution is 5.87. The molecule has 1 aromatic carbocycles. The molecule has 1 unspecified atom stereocenters. The summed E-state index contributed by atoms with van der Waals surface area (Å²) in [4.78, 5) is 39.8. The van der Waals surface area contributed by atoms with Crippen LogP contribution in [0.5, 0.6) is 0 Å². The van der Waals surface area contributed by atoms with Crippen molar-refractivity contribution in [3.63, 3.8) is 0 Å². The minimum absolute atomic E-state index is 0.103. The van der Waals surface area contributed by atoms with Gasteiger partial charge in [0.2, 0.25) is 5.91 Å². The van der Waals surface area contributed by atoms with E-state index in [1.807, 2.05) is 63.3 Å². The first kappa shape index (κ1) is 27.4. The van der Waals surface area contributed by atoms with Gasteiger partial charge in [-0.25, -0.2) is 9.59 Å². The third kappa shape index (κ3) is 8.84. The maximum Gasteiger partial charge on any atom is 0.408 e. The zero-order valence-electron chi connectivity index (χ0n) is 21.4. The van der Waals surface area contributed by atoms with E-state index in [0.29, 0.717) is 31.7 Å². The molecule has 1 saturated heterocycles. The fourth-order valence-corrected chi connectivity index (χ4v) is 4.15. The van der Waals surface area contributed by atoms with Crippen LogP contribution in [-0.4, -0.2) is 54.2 Å². The Morgan fingerprint density at radius 1 is 1.15 bits per heavy atom. The van der Waals surface area contributed by atoms with Crippen molar-refractivity contribution in [3.8, 4) is 0 Å². The molecule has 2 rings (SSSR count). The lowest BCUT2D eigenvalue weighted by atomic mass is 9.95. The van der Waals surface area contributed by atoms with Crippen molar-refractivity contribution in [2.75, 3.05) is 13.7 Å². The van der Waals surface area contributed by atoms with E-state index < -0.39 is 23.7 Å². The second kappa shape index (κ2) is 12.6. The molecule has 1 aliphatic rings. The second-order valence-corrected chi connectivity index (χ2v) is 10.3. The van der Waals surface area contributed by atoms with Gasteiger partial charge in [-0.3, -0.25) is 4.79 Å². The number of rotatable bonds is 9. The number of benzene rings is 1. The van der Waals surface area contributed by atoms with E-state index in [9.17, 15) is 14.4 Å². The Hall–Kier alpha value is -2.83. The van der Waals surface area contributed by atoms with E-state index >= 15 is 0 Å². The van der Waals surface area contributed by atoms with E-state index in [0.717, 1.165) is 12.0 Å². The molecule has 188 valence electrons. The van der Waals surface area contributed by atoms with Gasteiger partial charge in [0.1, 0.15) is 11.6 Å². The predicted octanol–water partition coefficient (Wildman–Crippen LogP) is 4.50. The maximum absolute atomic E-state index is 13.6. The van der Waals surface area contributed by atoms with Crippen LogP contribution in [-0.2, 0) is 25.5 Å². The molecule has 34 heavy (non-hydrogen) atoms. The first-order valence-electron chi connectivity index (χ1n) is 12.1. The van der Waals surface area contributed by atoms with Gasteiger partial charge in [-0.2, -0.15) is 0 Å². The maximum atomic E-state index is 13.6. The number of hydrogen-bond donors (Lipinski definition) is 1. The van der Waals surface area contributed by atoms with Crippen LogP contribution in [0.25, 0.3) is 0 Å². The molecule has 1 fully saturated rings. The monoisotopic (exact) mass is 472 g/mol. The van der Waals surface area contributed by atoms with Crippen LogP contribution < -0.4 is 5.32 Å². The number of ether oxygens (including phenoxy) is 2. The number of hydrogen-bond acceptors (Lipinski definition) is 5. The Morgan fingerprint density at radius 3 is 2.41 bits per heavy atom. The lowest BCUT2D eigenvalue weighted by Gasteiger charge is -2.27. The molecule has 0 saturated carbocycles. The summed E-state index contributed by atoms with van der Waals surface area (Å²) in [6.07, 6.45) is 5.85. The molecular formula is C27H40N2O5. The fourth-order valence-electron chi connectivity index (χ4n) is 4.15. The van der Waals surface area contributed by atoms with Crippen molar-refractivity contribution < 1.29 is 23.9 Å². The summed E-state index contributed by atoms with van der Waals surface area (Å²) in [5.74, 6) is -0.621. The highest BCUT2D eigenvalue weighted by Crippen LogP contribution is 2.24. The Labute approximate surface area is 203 Å². The smallest absolute Gasteiger partial charge is 0.408 e. The van der Waals surface area contributed by atoms with Crippen LogP contribution in [0.3, 0.4) is 0 Å². The number of nitrogens with one attached hydrogen (secondary N) is 1.